The number of carbonyl (C=O) groups excluding carboxylic acids is 2. The number of aromatic nitrogens is 1. The molecule has 0 aliphatic carbocycles. The highest BCUT2D eigenvalue weighted by Crippen LogP contribution is 2.38. The van der Waals surface area contributed by atoms with Gasteiger partial charge in [-0.05, 0) is 29.9 Å². The van der Waals surface area contributed by atoms with Gasteiger partial charge < -0.3 is 10.5 Å². The van der Waals surface area contributed by atoms with E-state index in [0.717, 1.165) is 0 Å². The molecule has 5 nitrogen and oxygen atoms in total. The van der Waals surface area contributed by atoms with Gasteiger partial charge in [0.05, 0.1) is 5.02 Å². The summed E-state index contributed by atoms with van der Waals surface area (Å²) in [5.41, 5.74) is 4.44. The first-order valence-electron chi connectivity index (χ1n) is 7.73. The molecule has 6 heteroatoms. The maximum absolute atomic E-state index is 12.6. The fraction of sp³-hybridized carbons (Fsp3) is 0.588. The van der Waals surface area contributed by atoms with Crippen LogP contribution in [0.3, 0.4) is 0 Å². The molecule has 1 rings (SSSR count). The number of ether oxygens (including phenoxy) is 1. The van der Waals surface area contributed by atoms with Crippen LogP contribution in [0.25, 0.3) is 0 Å². The van der Waals surface area contributed by atoms with Crippen molar-refractivity contribution in [1.29, 1.82) is 0 Å². The van der Waals surface area contributed by atoms with E-state index in [4.69, 9.17) is 22.1 Å². The summed E-state index contributed by atoms with van der Waals surface area (Å²) in [5.74, 6) is -1.06. The molecule has 0 saturated carbocycles. The maximum atomic E-state index is 12.6. The summed E-state index contributed by atoms with van der Waals surface area (Å²) in [4.78, 5) is 27.9. The average Bonchev–Trinajstić information content (AvgIpc) is 2.43. The maximum Gasteiger partial charge on any atom is 0.359 e. The summed E-state index contributed by atoms with van der Waals surface area (Å²) in [6.45, 7) is 12.1. The molecular weight excluding hydrogens is 316 g/mol. The van der Waals surface area contributed by atoms with Crippen molar-refractivity contribution in [2.24, 2.45) is 23.5 Å². The van der Waals surface area contributed by atoms with Gasteiger partial charge >= 0.3 is 5.97 Å². The van der Waals surface area contributed by atoms with Gasteiger partial charge in [-0.2, -0.15) is 0 Å². The Morgan fingerprint density at radius 2 is 1.57 bits per heavy atom. The van der Waals surface area contributed by atoms with Crippen LogP contribution in [-0.2, 0) is 4.74 Å². The van der Waals surface area contributed by atoms with E-state index in [2.05, 4.69) is 4.98 Å². The van der Waals surface area contributed by atoms with Crippen molar-refractivity contribution >= 4 is 23.5 Å². The van der Waals surface area contributed by atoms with Crippen molar-refractivity contribution < 1.29 is 14.3 Å². The molecule has 0 atom stereocenters. The molecule has 0 aromatic carbocycles. The van der Waals surface area contributed by atoms with E-state index in [1.165, 1.54) is 12.1 Å². The Kier molecular flexibility index (Phi) is 6.17. The molecule has 23 heavy (non-hydrogen) atoms. The Morgan fingerprint density at radius 1 is 1.09 bits per heavy atom. The van der Waals surface area contributed by atoms with Crippen LogP contribution >= 0.6 is 11.6 Å². The van der Waals surface area contributed by atoms with Crippen molar-refractivity contribution in [2.75, 3.05) is 0 Å². The predicted octanol–water partition coefficient (Wildman–Crippen LogP) is 3.70. The van der Waals surface area contributed by atoms with Crippen molar-refractivity contribution in [3.05, 3.63) is 28.5 Å². The number of carbonyl (C=O) groups is 2. The molecule has 0 radical (unpaired) electrons. The van der Waals surface area contributed by atoms with Gasteiger partial charge in [-0.1, -0.05) is 53.1 Å². The standard InChI is InChI=1S/C17H25ClN2O3/c1-9(2)17(10(3)4,11(5)6)23-16(22)14-12(18)7-8-13(20-14)15(19)21/h7-11H,1-6H3,(H2,19,21). The van der Waals surface area contributed by atoms with E-state index in [-0.39, 0.29) is 34.2 Å². The number of halogens is 1. The SMILES string of the molecule is CC(C)C(OC(=O)c1nc(C(N)=O)ccc1Cl)(C(C)C)C(C)C. The first kappa shape index (κ1) is 19.4. The summed E-state index contributed by atoms with van der Waals surface area (Å²) in [6.07, 6.45) is 0. The van der Waals surface area contributed by atoms with E-state index in [0.29, 0.717) is 0 Å². The summed E-state index contributed by atoms with van der Waals surface area (Å²) < 4.78 is 5.89. The van der Waals surface area contributed by atoms with Crippen LogP contribution in [0.2, 0.25) is 5.02 Å². The van der Waals surface area contributed by atoms with Gasteiger partial charge in [-0.15, -0.1) is 0 Å². The first-order chi connectivity index (χ1) is 10.5. The molecule has 0 unspecified atom stereocenters. The van der Waals surface area contributed by atoms with E-state index in [1.54, 1.807) is 0 Å². The third-order valence-corrected chi connectivity index (χ3v) is 4.57. The lowest BCUT2D eigenvalue weighted by molar-refractivity contribution is -0.101. The summed E-state index contributed by atoms with van der Waals surface area (Å²) in [5, 5.41) is 0.130. The Bertz CT molecular complexity index is 576. The van der Waals surface area contributed by atoms with Crippen LogP contribution in [0.1, 0.15) is 62.5 Å². The number of nitrogens with two attached hydrogens (primary N) is 1. The number of esters is 1. The number of hydrogen-bond acceptors (Lipinski definition) is 4. The van der Waals surface area contributed by atoms with E-state index in [1.807, 2.05) is 41.5 Å². The molecule has 0 spiro atoms. The lowest BCUT2D eigenvalue weighted by Crippen LogP contribution is -2.50. The van der Waals surface area contributed by atoms with Crippen LogP contribution in [0.4, 0.5) is 0 Å². The van der Waals surface area contributed by atoms with E-state index in [9.17, 15) is 9.59 Å². The Morgan fingerprint density at radius 3 is 1.96 bits per heavy atom. The van der Waals surface area contributed by atoms with Gasteiger partial charge in [-0.25, -0.2) is 9.78 Å². The quantitative estimate of drug-likeness (QED) is 0.800. The third kappa shape index (κ3) is 3.83. The monoisotopic (exact) mass is 340 g/mol. The molecule has 1 aromatic rings. The van der Waals surface area contributed by atoms with Crippen molar-refractivity contribution in [1.82, 2.24) is 4.98 Å². The van der Waals surface area contributed by atoms with Gasteiger partial charge in [0, 0.05) is 0 Å². The molecule has 0 aliphatic rings. The second-order valence-corrected chi connectivity index (χ2v) is 7.01. The molecule has 1 heterocycles. The molecule has 0 bridgehead atoms. The first-order valence-corrected chi connectivity index (χ1v) is 8.11. The number of pyridine rings is 1. The number of nitrogens with zero attached hydrogens (tertiary/aromatic N) is 1. The van der Waals surface area contributed by atoms with Crippen LogP contribution < -0.4 is 5.73 Å². The average molecular weight is 341 g/mol. The fourth-order valence-electron chi connectivity index (χ4n) is 3.28. The molecule has 0 aliphatic heterocycles. The summed E-state index contributed by atoms with van der Waals surface area (Å²) >= 11 is 6.05. The van der Waals surface area contributed by atoms with Crippen molar-refractivity contribution in [3.63, 3.8) is 0 Å². The Labute approximate surface area is 142 Å². The number of primary amides is 1. The fourth-order valence-corrected chi connectivity index (χ4v) is 3.47. The zero-order valence-electron chi connectivity index (χ0n) is 14.5. The number of amides is 1. The molecule has 2 N–H and O–H groups in total. The van der Waals surface area contributed by atoms with Gasteiger partial charge in [0.2, 0.25) is 0 Å². The highest BCUT2D eigenvalue weighted by Gasteiger charge is 2.44. The van der Waals surface area contributed by atoms with Gasteiger partial charge in [0.1, 0.15) is 11.3 Å². The normalized spacial score (nSPS) is 12.1. The third-order valence-electron chi connectivity index (χ3n) is 4.27. The highest BCUT2D eigenvalue weighted by molar-refractivity contribution is 6.33. The minimum atomic E-state index is -0.724. The molecule has 0 fully saturated rings. The second-order valence-electron chi connectivity index (χ2n) is 6.60. The van der Waals surface area contributed by atoms with E-state index >= 15 is 0 Å². The molecule has 1 aromatic heterocycles. The highest BCUT2D eigenvalue weighted by atomic mass is 35.5. The summed E-state index contributed by atoms with van der Waals surface area (Å²) in [6, 6.07) is 2.80. The minimum Gasteiger partial charge on any atom is -0.453 e. The predicted molar refractivity (Wildman–Crippen MR) is 90.4 cm³/mol. The van der Waals surface area contributed by atoms with Crippen LogP contribution in [0.15, 0.2) is 12.1 Å². The van der Waals surface area contributed by atoms with Crippen molar-refractivity contribution in [3.8, 4) is 0 Å². The largest absolute Gasteiger partial charge is 0.453 e. The number of rotatable bonds is 6. The van der Waals surface area contributed by atoms with Crippen LogP contribution in [-0.4, -0.2) is 22.5 Å². The topological polar surface area (TPSA) is 82.3 Å². The number of hydrogen-bond donors (Lipinski definition) is 1. The van der Waals surface area contributed by atoms with Crippen LogP contribution in [0, 0.1) is 17.8 Å². The zero-order chi connectivity index (χ0) is 17.9. The van der Waals surface area contributed by atoms with Crippen molar-refractivity contribution in [2.45, 2.75) is 47.1 Å². The van der Waals surface area contributed by atoms with Gasteiger partial charge in [0.25, 0.3) is 5.91 Å². The second kappa shape index (κ2) is 7.30. The van der Waals surface area contributed by atoms with Crippen LogP contribution in [0.5, 0.6) is 0 Å². The van der Waals surface area contributed by atoms with Gasteiger partial charge in [0.15, 0.2) is 5.69 Å². The molecule has 128 valence electrons. The lowest BCUT2D eigenvalue weighted by atomic mass is 9.72. The van der Waals surface area contributed by atoms with E-state index < -0.39 is 17.5 Å². The van der Waals surface area contributed by atoms with Gasteiger partial charge in [-0.3, -0.25) is 4.79 Å². The zero-order valence-corrected chi connectivity index (χ0v) is 15.3. The Hall–Kier alpha value is -1.62. The minimum absolute atomic E-state index is 0.0226. The molecular formula is C17H25ClN2O3. The molecule has 0 saturated heterocycles. The summed E-state index contributed by atoms with van der Waals surface area (Å²) in [7, 11) is 0. The smallest absolute Gasteiger partial charge is 0.359 e. The Balaban J connectivity index is 3.28. The lowest BCUT2D eigenvalue weighted by Gasteiger charge is -2.44. The molecule has 1 amide bonds.